The molecule has 2 fully saturated rings. The van der Waals surface area contributed by atoms with Crippen LogP contribution in [0.1, 0.15) is 36.0 Å². The van der Waals surface area contributed by atoms with Crippen LogP contribution < -0.4 is 9.80 Å². The Kier molecular flexibility index (Phi) is 6.01. The molecule has 3 heterocycles. The normalized spacial score (nSPS) is 18.1. The average molecular weight is 399 g/mol. The smallest absolute Gasteiger partial charge is 0.254 e. The fraction of sp³-hybridized carbons (Fsp3) is 0.455. The third-order valence-electron chi connectivity index (χ3n) is 5.66. The van der Waals surface area contributed by atoms with Crippen LogP contribution in [0.3, 0.4) is 0 Å². The van der Waals surface area contributed by atoms with Crippen LogP contribution in [0.25, 0.3) is 0 Å². The summed E-state index contributed by atoms with van der Waals surface area (Å²) in [6.45, 7) is 5.31. The number of aromatic nitrogens is 1. The number of piperazine rings is 1. The van der Waals surface area contributed by atoms with Crippen LogP contribution in [-0.4, -0.2) is 55.1 Å². The van der Waals surface area contributed by atoms with Gasteiger partial charge in [0, 0.05) is 61.7 Å². The third kappa shape index (κ3) is 4.41. The molecule has 0 aliphatic carbocycles. The molecule has 148 valence electrons. The minimum Gasteiger partial charge on any atom is -0.368 e. The minimum atomic E-state index is 0.142. The number of carbonyl (C=O) groups excluding carboxylic acids is 1. The fourth-order valence-corrected chi connectivity index (χ4v) is 4.23. The molecule has 2 saturated heterocycles. The van der Waals surface area contributed by atoms with Gasteiger partial charge in [-0.3, -0.25) is 4.79 Å². The molecule has 0 bridgehead atoms. The van der Waals surface area contributed by atoms with Crippen molar-refractivity contribution >= 4 is 29.0 Å². The lowest BCUT2D eigenvalue weighted by Crippen LogP contribution is -2.46. The molecule has 28 heavy (non-hydrogen) atoms. The number of carbonyl (C=O) groups is 1. The van der Waals surface area contributed by atoms with Gasteiger partial charge in [-0.2, -0.15) is 0 Å². The van der Waals surface area contributed by atoms with Crippen LogP contribution in [0.2, 0.25) is 5.02 Å². The highest BCUT2D eigenvalue weighted by molar-refractivity contribution is 6.30. The minimum absolute atomic E-state index is 0.142. The highest BCUT2D eigenvalue weighted by Gasteiger charge is 2.21. The lowest BCUT2D eigenvalue weighted by atomic mass is 10.2. The van der Waals surface area contributed by atoms with Gasteiger partial charge in [0.1, 0.15) is 5.82 Å². The van der Waals surface area contributed by atoms with E-state index in [1.54, 1.807) is 6.20 Å². The standard InChI is InChI=1S/C22H27ClN4O/c23-19-6-5-7-20(17-19)25-12-14-26(15-13-25)21-16-18(8-9-24-21)22(28)27-10-3-1-2-4-11-27/h5-9,16-17H,1-4,10-15H2. The maximum atomic E-state index is 12.9. The Bertz CT molecular complexity index is 812. The van der Waals surface area contributed by atoms with Crippen LogP contribution in [0.5, 0.6) is 0 Å². The van der Waals surface area contributed by atoms with Gasteiger partial charge >= 0.3 is 0 Å². The number of hydrogen-bond acceptors (Lipinski definition) is 4. The molecule has 6 heteroatoms. The molecule has 1 aromatic heterocycles. The number of rotatable bonds is 3. The number of hydrogen-bond donors (Lipinski definition) is 0. The largest absolute Gasteiger partial charge is 0.368 e. The zero-order valence-corrected chi connectivity index (χ0v) is 16.9. The zero-order valence-electron chi connectivity index (χ0n) is 16.2. The Balaban J connectivity index is 1.41. The van der Waals surface area contributed by atoms with Crippen LogP contribution in [0.4, 0.5) is 11.5 Å². The molecule has 2 aromatic rings. The number of pyridine rings is 1. The molecule has 0 unspecified atom stereocenters. The molecule has 0 radical (unpaired) electrons. The molecular formula is C22H27ClN4O. The van der Waals surface area contributed by atoms with Crippen LogP contribution in [0.15, 0.2) is 42.6 Å². The second-order valence-corrected chi connectivity index (χ2v) is 8.00. The van der Waals surface area contributed by atoms with Crippen molar-refractivity contribution in [1.82, 2.24) is 9.88 Å². The molecule has 2 aliphatic rings. The number of anilines is 2. The Labute approximate surface area is 171 Å². The van der Waals surface area contributed by atoms with E-state index in [0.29, 0.717) is 0 Å². The second kappa shape index (κ2) is 8.82. The molecule has 0 atom stereocenters. The third-order valence-corrected chi connectivity index (χ3v) is 5.90. The van der Waals surface area contributed by atoms with Gasteiger partial charge in [-0.15, -0.1) is 0 Å². The number of likely N-dealkylation sites (tertiary alicyclic amines) is 1. The number of halogens is 1. The van der Waals surface area contributed by atoms with E-state index in [4.69, 9.17) is 11.6 Å². The summed E-state index contributed by atoms with van der Waals surface area (Å²) < 4.78 is 0. The summed E-state index contributed by atoms with van der Waals surface area (Å²) in [6, 6.07) is 11.8. The van der Waals surface area contributed by atoms with Gasteiger partial charge in [0.15, 0.2) is 0 Å². The van der Waals surface area contributed by atoms with Crippen molar-refractivity contribution in [2.45, 2.75) is 25.7 Å². The van der Waals surface area contributed by atoms with Crippen molar-refractivity contribution < 1.29 is 4.79 Å². The topological polar surface area (TPSA) is 39.7 Å². The van der Waals surface area contributed by atoms with Gasteiger partial charge in [-0.25, -0.2) is 4.98 Å². The van der Waals surface area contributed by atoms with E-state index in [-0.39, 0.29) is 5.91 Å². The molecule has 4 rings (SSSR count). The summed E-state index contributed by atoms with van der Waals surface area (Å²) in [7, 11) is 0. The van der Waals surface area contributed by atoms with Gasteiger partial charge in [0.25, 0.3) is 5.91 Å². The van der Waals surface area contributed by atoms with E-state index >= 15 is 0 Å². The van der Waals surface area contributed by atoms with Crippen molar-refractivity contribution in [2.24, 2.45) is 0 Å². The quantitative estimate of drug-likeness (QED) is 0.781. The summed E-state index contributed by atoms with van der Waals surface area (Å²) in [5, 5.41) is 0.765. The van der Waals surface area contributed by atoms with Crippen molar-refractivity contribution in [3.63, 3.8) is 0 Å². The molecule has 1 aromatic carbocycles. The fourth-order valence-electron chi connectivity index (χ4n) is 4.05. The summed E-state index contributed by atoms with van der Waals surface area (Å²) in [6.07, 6.45) is 6.43. The summed E-state index contributed by atoms with van der Waals surface area (Å²) in [5.74, 6) is 1.04. The maximum absolute atomic E-state index is 12.9. The first kappa shape index (κ1) is 19.1. The summed E-state index contributed by atoms with van der Waals surface area (Å²) in [4.78, 5) is 24.1. The highest BCUT2D eigenvalue weighted by atomic mass is 35.5. The van der Waals surface area contributed by atoms with Crippen molar-refractivity contribution in [3.05, 3.63) is 53.2 Å². The number of nitrogens with zero attached hydrogens (tertiary/aromatic N) is 4. The van der Waals surface area contributed by atoms with Crippen LogP contribution in [0, 0.1) is 0 Å². The summed E-state index contributed by atoms with van der Waals surface area (Å²) in [5.41, 5.74) is 1.91. The SMILES string of the molecule is O=C(c1ccnc(N2CCN(c3cccc(Cl)c3)CC2)c1)N1CCCCCC1. The average Bonchev–Trinajstić information content (AvgIpc) is 3.03. The van der Waals surface area contributed by atoms with Gasteiger partial charge in [-0.1, -0.05) is 30.5 Å². The van der Waals surface area contributed by atoms with Crippen molar-refractivity contribution in [3.8, 4) is 0 Å². The molecule has 0 N–H and O–H groups in total. The second-order valence-electron chi connectivity index (χ2n) is 7.56. The van der Waals surface area contributed by atoms with E-state index in [1.807, 2.05) is 35.2 Å². The van der Waals surface area contributed by atoms with E-state index in [2.05, 4.69) is 20.9 Å². The van der Waals surface area contributed by atoms with Crippen LogP contribution in [-0.2, 0) is 0 Å². The monoisotopic (exact) mass is 398 g/mol. The lowest BCUT2D eigenvalue weighted by Gasteiger charge is -2.37. The van der Waals surface area contributed by atoms with E-state index in [0.717, 1.165) is 74.2 Å². The Hall–Kier alpha value is -2.27. The highest BCUT2D eigenvalue weighted by Crippen LogP contribution is 2.23. The van der Waals surface area contributed by atoms with E-state index < -0.39 is 0 Å². The molecular weight excluding hydrogens is 372 g/mol. The molecule has 2 aliphatic heterocycles. The zero-order chi connectivity index (χ0) is 19.3. The van der Waals surface area contributed by atoms with Crippen molar-refractivity contribution in [2.75, 3.05) is 49.1 Å². The van der Waals surface area contributed by atoms with Crippen molar-refractivity contribution in [1.29, 1.82) is 0 Å². The number of benzene rings is 1. The Morgan fingerprint density at radius 1 is 0.857 bits per heavy atom. The molecule has 1 amide bonds. The van der Waals surface area contributed by atoms with Crippen LogP contribution >= 0.6 is 11.6 Å². The maximum Gasteiger partial charge on any atom is 0.254 e. The Morgan fingerprint density at radius 2 is 1.57 bits per heavy atom. The van der Waals surface area contributed by atoms with Gasteiger partial charge in [0.2, 0.25) is 0 Å². The predicted molar refractivity (Wildman–Crippen MR) is 114 cm³/mol. The Morgan fingerprint density at radius 3 is 2.29 bits per heavy atom. The first-order valence-electron chi connectivity index (χ1n) is 10.2. The van der Waals surface area contributed by atoms with Gasteiger partial charge in [-0.05, 0) is 43.2 Å². The molecule has 5 nitrogen and oxygen atoms in total. The first-order chi connectivity index (χ1) is 13.7. The van der Waals surface area contributed by atoms with Gasteiger partial charge in [0.05, 0.1) is 0 Å². The lowest BCUT2D eigenvalue weighted by molar-refractivity contribution is 0.0761. The molecule has 0 saturated carbocycles. The van der Waals surface area contributed by atoms with E-state index in [1.165, 1.54) is 12.8 Å². The van der Waals surface area contributed by atoms with Gasteiger partial charge < -0.3 is 14.7 Å². The van der Waals surface area contributed by atoms with E-state index in [9.17, 15) is 4.79 Å². The summed E-state index contributed by atoms with van der Waals surface area (Å²) >= 11 is 6.13. The molecule has 0 spiro atoms. The number of amides is 1. The first-order valence-corrected chi connectivity index (χ1v) is 10.6. The predicted octanol–water partition coefficient (Wildman–Crippen LogP) is 4.08.